The lowest BCUT2D eigenvalue weighted by molar-refractivity contribution is -0.897. The Morgan fingerprint density at radius 3 is 2.57 bits per heavy atom. The number of benzene rings is 1. The van der Waals surface area contributed by atoms with Crippen LogP contribution in [-0.2, 0) is 9.59 Å². The van der Waals surface area contributed by atoms with Gasteiger partial charge in [-0.25, -0.2) is 0 Å². The summed E-state index contributed by atoms with van der Waals surface area (Å²) in [6.45, 7) is 4.11. The van der Waals surface area contributed by atoms with Crippen molar-refractivity contribution < 1.29 is 24.0 Å². The number of carbonyl (C=O) groups excluding carboxylic acids is 2. The van der Waals surface area contributed by atoms with E-state index >= 15 is 0 Å². The fourth-order valence-electron chi connectivity index (χ4n) is 3.09. The SMILES string of the molecule is Cc1cc2c(cc1NC(=O)C[NH+]1CCC(C(N)=O)CC1)OCO2. The maximum Gasteiger partial charge on any atom is 0.279 e. The van der Waals surface area contributed by atoms with Crippen molar-refractivity contribution in [2.75, 3.05) is 31.7 Å². The molecule has 2 heterocycles. The van der Waals surface area contributed by atoms with Crippen LogP contribution in [0.1, 0.15) is 18.4 Å². The Balaban J connectivity index is 1.55. The van der Waals surface area contributed by atoms with Gasteiger partial charge in [0, 0.05) is 30.5 Å². The summed E-state index contributed by atoms with van der Waals surface area (Å²) < 4.78 is 10.7. The van der Waals surface area contributed by atoms with Crippen molar-refractivity contribution in [2.24, 2.45) is 11.7 Å². The van der Waals surface area contributed by atoms with Crippen LogP contribution in [-0.4, -0.2) is 38.2 Å². The summed E-state index contributed by atoms with van der Waals surface area (Å²) in [6, 6.07) is 3.66. The second-order valence-electron chi connectivity index (χ2n) is 6.17. The number of nitrogens with one attached hydrogen (secondary N) is 2. The minimum absolute atomic E-state index is 0.0421. The first-order valence-electron chi connectivity index (χ1n) is 7.86. The fourth-order valence-corrected chi connectivity index (χ4v) is 3.09. The highest BCUT2D eigenvalue weighted by atomic mass is 16.7. The van der Waals surface area contributed by atoms with E-state index in [-0.39, 0.29) is 24.5 Å². The number of anilines is 1. The van der Waals surface area contributed by atoms with E-state index < -0.39 is 0 Å². The van der Waals surface area contributed by atoms with Crippen molar-refractivity contribution in [1.29, 1.82) is 0 Å². The van der Waals surface area contributed by atoms with Crippen molar-refractivity contribution in [3.05, 3.63) is 17.7 Å². The summed E-state index contributed by atoms with van der Waals surface area (Å²) in [4.78, 5) is 24.6. The number of primary amides is 1. The molecule has 0 bridgehead atoms. The minimum atomic E-state index is -0.232. The topological polar surface area (TPSA) is 95.1 Å². The molecule has 0 saturated carbocycles. The average molecular weight is 320 g/mol. The second kappa shape index (κ2) is 6.45. The number of hydrogen-bond acceptors (Lipinski definition) is 4. The minimum Gasteiger partial charge on any atom is -0.454 e. The summed E-state index contributed by atoms with van der Waals surface area (Å²) in [5.41, 5.74) is 7.00. The van der Waals surface area contributed by atoms with Gasteiger partial charge in [-0.15, -0.1) is 0 Å². The molecule has 0 aromatic heterocycles. The van der Waals surface area contributed by atoms with E-state index in [1.165, 1.54) is 4.90 Å². The number of quaternary nitrogens is 1. The van der Waals surface area contributed by atoms with E-state index in [9.17, 15) is 9.59 Å². The summed E-state index contributed by atoms with van der Waals surface area (Å²) in [5, 5.41) is 2.93. The Hall–Kier alpha value is -2.28. The highest BCUT2D eigenvalue weighted by molar-refractivity contribution is 5.92. The Morgan fingerprint density at radius 2 is 1.91 bits per heavy atom. The summed E-state index contributed by atoms with van der Waals surface area (Å²) in [5.74, 6) is 1.04. The van der Waals surface area contributed by atoms with Gasteiger partial charge in [-0.3, -0.25) is 9.59 Å². The zero-order valence-corrected chi connectivity index (χ0v) is 13.2. The van der Waals surface area contributed by atoms with Gasteiger partial charge in [-0.2, -0.15) is 0 Å². The normalized spacial score (nSPS) is 22.7. The number of hydrogen-bond donors (Lipinski definition) is 3. The van der Waals surface area contributed by atoms with Crippen LogP contribution in [0.25, 0.3) is 0 Å². The van der Waals surface area contributed by atoms with Crippen LogP contribution >= 0.6 is 0 Å². The van der Waals surface area contributed by atoms with E-state index in [1.54, 1.807) is 6.07 Å². The first kappa shape index (κ1) is 15.6. The molecule has 1 aromatic carbocycles. The van der Waals surface area contributed by atoms with Crippen LogP contribution in [0.3, 0.4) is 0 Å². The van der Waals surface area contributed by atoms with E-state index in [4.69, 9.17) is 15.2 Å². The number of ether oxygens (including phenoxy) is 2. The number of aryl methyl sites for hydroxylation is 1. The molecule has 2 amide bonds. The molecule has 2 aliphatic heterocycles. The average Bonchev–Trinajstić information content (AvgIpc) is 2.95. The maximum absolute atomic E-state index is 12.3. The van der Waals surface area contributed by atoms with E-state index in [1.807, 2.05) is 13.0 Å². The molecule has 7 heteroatoms. The highest BCUT2D eigenvalue weighted by Gasteiger charge is 2.27. The molecule has 0 spiro atoms. The third-order valence-electron chi connectivity index (χ3n) is 4.50. The molecule has 1 aromatic rings. The molecule has 23 heavy (non-hydrogen) atoms. The molecule has 0 aliphatic carbocycles. The molecule has 124 valence electrons. The van der Waals surface area contributed by atoms with Crippen molar-refractivity contribution in [2.45, 2.75) is 19.8 Å². The molecular formula is C16H22N3O4+. The lowest BCUT2D eigenvalue weighted by Gasteiger charge is -2.27. The molecule has 3 rings (SSSR count). The largest absolute Gasteiger partial charge is 0.454 e. The van der Waals surface area contributed by atoms with Crippen LogP contribution in [0, 0.1) is 12.8 Å². The fraction of sp³-hybridized carbons (Fsp3) is 0.500. The predicted molar refractivity (Wildman–Crippen MR) is 83.4 cm³/mol. The van der Waals surface area contributed by atoms with E-state index in [2.05, 4.69) is 5.32 Å². The van der Waals surface area contributed by atoms with Gasteiger partial charge in [-0.1, -0.05) is 0 Å². The molecule has 1 fully saturated rings. The Bertz CT molecular complexity index is 624. The number of amides is 2. The summed E-state index contributed by atoms with van der Waals surface area (Å²) in [7, 11) is 0. The summed E-state index contributed by atoms with van der Waals surface area (Å²) in [6.07, 6.45) is 1.50. The number of carbonyl (C=O) groups is 2. The second-order valence-corrected chi connectivity index (χ2v) is 6.17. The molecule has 4 N–H and O–H groups in total. The van der Waals surface area contributed by atoms with Gasteiger partial charge in [0.2, 0.25) is 12.7 Å². The summed E-state index contributed by atoms with van der Waals surface area (Å²) >= 11 is 0. The Kier molecular flexibility index (Phi) is 4.38. The molecule has 0 radical (unpaired) electrons. The molecule has 0 unspecified atom stereocenters. The standard InChI is InChI=1S/C16H21N3O4/c1-10-6-13-14(23-9-22-13)7-12(10)18-15(20)8-19-4-2-11(3-5-19)16(17)21/h6-7,11H,2-5,8-9H2,1H3,(H2,17,21)(H,18,20)/p+1. The third kappa shape index (κ3) is 3.56. The smallest absolute Gasteiger partial charge is 0.279 e. The number of fused-ring (bicyclic) bond motifs is 1. The molecule has 1 saturated heterocycles. The van der Waals surface area contributed by atoms with Crippen molar-refractivity contribution in [1.82, 2.24) is 0 Å². The van der Waals surface area contributed by atoms with Crippen LogP contribution in [0.4, 0.5) is 5.69 Å². The van der Waals surface area contributed by atoms with Crippen molar-refractivity contribution in [3.8, 4) is 11.5 Å². The first-order valence-corrected chi connectivity index (χ1v) is 7.86. The van der Waals surface area contributed by atoms with Crippen LogP contribution in [0.5, 0.6) is 11.5 Å². The van der Waals surface area contributed by atoms with Crippen LogP contribution in [0.15, 0.2) is 12.1 Å². The molecule has 7 nitrogen and oxygen atoms in total. The first-order chi connectivity index (χ1) is 11.0. The zero-order valence-electron chi connectivity index (χ0n) is 13.2. The quantitative estimate of drug-likeness (QED) is 0.693. The zero-order chi connectivity index (χ0) is 16.4. The monoisotopic (exact) mass is 320 g/mol. The van der Waals surface area contributed by atoms with E-state index in [0.717, 1.165) is 37.2 Å². The van der Waals surface area contributed by atoms with Gasteiger partial charge in [0.1, 0.15) is 0 Å². The van der Waals surface area contributed by atoms with Gasteiger partial charge in [0.05, 0.1) is 13.1 Å². The Morgan fingerprint density at radius 1 is 1.26 bits per heavy atom. The van der Waals surface area contributed by atoms with Crippen LogP contribution < -0.4 is 25.4 Å². The van der Waals surface area contributed by atoms with Crippen LogP contribution in [0.2, 0.25) is 0 Å². The van der Waals surface area contributed by atoms with Gasteiger partial charge < -0.3 is 25.4 Å². The molecular weight excluding hydrogens is 298 g/mol. The number of rotatable bonds is 4. The lowest BCUT2D eigenvalue weighted by Crippen LogP contribution is -3.14. The number of likely N-dealkylation sites (tertiary alicyclic amines) is 1. The van der Waals surface area contributed by atoms with Gasteiger partial charge >= 0.3 is 0 Å². The van der Waals surface area contributed by atoms with Crippen molar-refractivity contribution >= 4 is 17.5 Å². The predicted octanol–water partition coefficient (Wildman–Crippen LogP) is -0.558. The van der Waals surface area contributed by atoms with E-state index in [0.29, 0.717) is 18.0 Å². The Labute approximate surface area is 134 Å². The van der Waals surface area contributed by atoms with Crippen molar-refractivity contribution in [3.63, 3.8) is 0 Å². The molecule has 0 atom stereocenters. The highest BCUT2D eigenvalue weighted by Crippen LogP contribution is 2.36. The van der Waals surface area contributed by atoms with Gasteiger partial charge in [0.15, 0.2) is 18.0 Å². The lowest BCUT2D eigenvalue weighted by atomic mass is 9.96. The van der Waals surface area contributed by atoms with Gasteiger partial charge in [-0.05, 0) is 18.6 Å². The number of nitrogens with two attached hydrogens (primary N) is 1. The van der Waals surface area contributed by atoms with Gasteiger partial charge in [0.25, 0.3) is 5.91 Å². The third-order valence-corrected chi connectivity index (χ3v) is 4.50. The maximum atomic E-state index is 12.3. The molecule has 2 aliphatic rings. The number of piperidine rings is 1.